The third-order valence-electron chi connectivity index (χ3n) is 4.64. The molecule has 0 aliphatic rings. The lowest BCUT2D eigenvalue weighted by Crippen LogP contribution is -2.07. The van der Waals surface area contributed by atoms with Gasteiger partial charge < -0.3 is 20.8 Å². The number of methoxy groups -OCH3 is 1. The van der Waals surface area contributed by atoms with Crippen LogP contribution in [0.15, 0.2) is 72.8 Å². The first-order valence-corrected chi connectivity index (χ1v) is 9.68. The van der Waals surface area contributed by atoms with E-state index in [4.69, 9.17) is 10.1 Å². The average Bonchev–Trinajstić information content (AvgIpc) is 2.80. The molecule has 0 saturated heterocycles. The standard InChI is InChI=1S/C24H19F2N5O/c1-32-21-12-11-18(13-20(21)26)29-24-19(14-27)23(28-17-5-3-2-4-6-17)30-22(31-24)15-7-9-16(25)10-8-15/h2-14,27H,1H3,(H2,28,29,30,31). The van der Waals surface area contributed by atoms with E-state index in [1.165, 1.54) is 31.4 Å². The van der Waals surface area contributed by atoms with Crippen LogP contribution in [0.5, 0.6) is 5.75 Å². The van der Waals surface area contributed by atoms with E-state index in [0.717, 1.165) is 11.9 Å². The van der Waals surface area contributed by atoms with Crippen molar-refractivity contribution in [1.82, 2.24) is 9.97 Å². The van der Waals surface area contributed by atoms with Gasteiger partial charge in [0, 0.05) is 29.2 Å². The summed E-state index contributed by atoms with van der Waals surface area (Å²) in [6.45, 7) is 0. The number of anilines is 4. The summed E-state index contributed by atoms with van der Waals surface area (Å²) in [6, 6.07) is 19.5. The van der Waals surface area contributed by atoms with Crippen LogP contribution in [0.4, 0.5) is 31.8 Å². The van der Waals surface area contributed by atoms with Crippen molar-refractivity contribution in [3.05, 3.63) is 90.0 Å². The van der Waals surface area contributed by atoms with Gasteiger partial charge >= 0.3 is 0 Å². The normalized spacial score (nSPS) is 10.5. The minimum atomic E-state index is -0.538. The number of hydrogen-bond acceptors (Lipinski definition) is 6. The summed E-state index contributed by atoms with van der Waals surface area (Å²) < 4.78 is 32.6. The Morgan fingerprint density at radius 3 is 2.09 bits per heavy atom. The number of aromatic nitrogens is 2. The zero-order valence-electron chi connectivity index (χ0n) is 17.1. The van der Waals surface area contributed by atoms with Crippen molar-refractivity contribution in [2.45, 2.75) is 0 Å². The van der Waals surface area contributed by atoms with E-state index in [1.807, 2.05) is 30.3 Å². The number of rotatable bonds is 7. The van der Waals surface area contributed by atoms with Crippen LogP contribution < -0.4 is 15.4 Å². The predicted molar refractivity (Wildman–Crippen MR) is 121 cm³/mol. The average molecular weight is 431 g/mol. The fourth-order valence-electron chi connectivity index (χ4n) is 3.06. The molecule has 0 atom stereocenters. The van der Waals surface area contributed by atoms with Crippen molar-refractivity contribution < 1.29 is 13.5 Å². The molecule has 0 unspecified atom stereocenters. The largest absolute Gasteiger partial charge is 0.494 e. The SMILES string of the molecule is COc1ccc(Nc2nc(-c3ccc(F)cc3)nc(Nc3ccccc3)c2C=N)cc1F. The number of benzene rings is 3. The van der Waals surface area contributed by atoms with Crippen molar-refractivity contribution in [3.63, 3.8) is 0 Å². The number of nitrogens with zero attached hydrogens (tertiary/aromatic N) is 2. The second-order valence-electron chi connectivity index (χ2n) is 6.77. The minimum absolute atomic E-state index is 0.115. The second kappa shape index (κ2) is 9.22. The lowest BCUT2D eigenvalue weighted by Gasteiger charge is -2.16. The Hall–Kier alpha value is -4.33. The molecule has 8 heteroatoms. The first-order valence-electron chi connectivity index (χ1n) is 9.68. The number of ether oxygens (including phenoxy) is 1. The van der Waals surface area contributed by atoms with Gasteiger partial charge in [0.2, 0.25) is 0 Å². The summed E-state index contributed by atoms with van der Waals surface area (Å²) >= 11 is 0. The third kappa shape index (κ3) is 4.54. The highest BCUT2D eigenvalue weighted by atomic mass is 19.1. The van der Waals surface area contributed by atoms with Gasteiger partial charge in [0.15, 0.2) is 17.4 Å². The molecule has 1 heterocycles. The molecule has 32 heavy (non-hydrogen) atoms. The molecule has 4 aromatic rings. The maximum atomic E-state index is 14.2. The summed E-state index contributed by atoms with van der Waals surface area (Å²) in [7, 11) is 1.39. The van der Waals surface area contributed by atoms with Gasteiger partial charge in [-0.2, -0.15) is 0 Å². The molecule has 0 bridgehead atoms. The third-order valence-corrected chi connectivity index (χ3v) is 4.64. The van der Waals surface area contributed by atoms with Crippen LogP contribution in [-0.4, -0.2) is 23.3 Å². The second-order valence-corrected chi connectivity index (χ2v) is 6.77. The topological polar surface area (TPSA) is 82.9 Å². The molecule has 0 spiro atoms. The molecule has 0 radical (unpaired) electrons. The summed E-state index contributed by atoms with van der Waals surface area (Å²) in [5.74, 6) is 0.174. The van der Waals surface area contributed by atoms with Crippen LogP contribution >= 0.6 is 0 Å². The summed E-state index contributed by atoms with van der Waals surface area (Å²) in [5, 5.41) is 14.2. The van der Waals surface area contributed by atoms with Gasteiger partial charge in [0.05, 0.1) is 12.7 Å². The molecule has 0 amide bonds. The van der Waals surface area contributed by atoms with Crippen LogP contribution in [0.1, 0.15) is 5.56 Å². The Labute approximate surface area is 183 Å². The molecule has 6 nitrogen and oxygen atoms in total. The number of para-hydroxylation sites is 1. The summed E-state index contributed by atoms with van der Waals surface area (Å²) in [5.41, 5.74) is 2.14. The first kappa shape index (κ1) is 20.9. The van der Waals surface area contributed by atoms with Gasteiger partial charge in [-0.25, -0.2) is 18.7 Å². The maximum absolute atomic E-state index is 14.2. The molecule has 3 N–H and O–H groups in total. The Balaban J connectivity index is 1.81. The van der Waals surface area contributed by atoms with E-state index in [2.05, 4.69) is 20.6 Å². The summed E-state index contributed by atoms with van der Waals surface area (Å²) in [4.78, 5) is 9.08. The van der Waals surface area contributed by atoms with Gasteiger partial charge in [-0.1, -0.05) is 18.2 Å². The van der Waals surface area contributed by atoms with Crippen molar-refractivity contribution in [1.29, 1.82) is 5.41 Å². The zero-order chi connectivity index (χ0) is 22.5. The molecule has 160 valence electrons. The number of nitrogens with one attached hydrogen (secondary N) is 3. The Morgan fingerprint density at radius 2 is 1.50 bits per heavy atom. The Kier molecular flexibility index (Phi) is 6.03. The molecular weight excluding hydrogens is 412 g/mol. The van der Waals surface area contributed by atoms with Gasteiger partial charge in [-0.3, -0.25) is 0 Å². The van der Waals surface area contributed by atoms with Gasteiger partial charge in [-0.05, 0) is 48.5 Å². The summed E-state index contributed by atoms with van der Waals surface area (Å²) in [6.07, 6.45) is 1.11. The quantitative estimate of drug-likeness (QED) is 0.317. The lowest BCUT2D eigenvalue weighted by atomic mass is 10.2. The van der Waals surface area contributed by atoms with Gasteiger partial charge in [-0.15, -0.1) is 0 Å². The van der Waals surface area contributed by atoms with Crippen LogP contribution in [0, 0.1) is 17.0 Å². The molecule has 0 fully saturated rings. The zero-order valence-corrected chi connectivity index (χ0v) is 17.1. The van der Waals surface area contributed by atoms with Crippen LogP contribution in [0.2, 0.25) is 0 Å². The van der Waals surface area contributed by atoms with Crippen molar-refractivity contribution >= 4 is 29.2 Å². The molecule has 0 aliphatic carbocycles. The minimum Gasteiger partial charge on any atom is -0.494 e. The van der Waals surface area contributed by atoms with Gasteiger partial charge in [0.1, 0.15) is 17.5 Å². The first-order chi connectivity index (χ1) is 15.6. The fraction of sp³-hybridized carbons (Fsp3) is 0.0417. The van der Waals surface area contributed by atoms with Crippen molar-refractivity contribution in [2.24, 2.45) is 0 Å². The lowest BCUT2D eigenvalue weighted by molar-refractivity contribution is 0.386. The van der Waals surface area contributed by atoms with E-state index in [9.17, 15) is 8.78 Å². The highest BCUT2D eigenvalue weighted by molar-refractivity contribution is 5.93. The van der Waals surface area contributed by atoms with Crippen LogP contribution in [0.25, 0.3) is 11.4 Å². The maximum Gasteiger partial charge on any atom is 0.167 e. The fourth-order valence-corrected chi connectivity index (χ4v) is 3.06. The molecule has 0 saturated carbocycles. The van der Waals surface area contributed by atoms with E-state index >= 15 is 0 Å². The molecular formula is C24H19F2N5O. The van der Waals surface area contributed by atoms with Crippen LogP contribution in [-0.2, 0) is 0 Å². The van der Waals surface area contributed by atoms with Crippen LogP contribution in [0.3, 0.4) is 0 Å². The highest BCUT2D eigenvalue weighted by Gasteiger charge is 2.16. The molecule has 3 aromatic carbocycles. The Bertz CT molecular complexity index is 1250. The van der Waals surface area contributed by atoms with Gasteiger partial charge in [0.25, 0.3) is 0 Å². The Morgan fingerprint density at radius 1 is 0.844 bits per heavy atom. The highest BCUT2D eigenvalue weighted by Crippen LogP contribution is 2.30. The van der Waals surface area contributed by atoms with E-state index in [0.29, 0.717) is 28.5 Å². The van der Waals surface area contributed by atoms with E-state index in [1.54, 1.807) is 18.2 Å². The van der Waals surface area contributed by atoms with Crippen molar-refractivity contribution in [3.8, 4) is 17.1 Å². The van der Waals surface area contributed by atoms with Crippen molar-refractivity contribution in [2.75, 3.05) is 17.7 Å². The van der Waals surface area contributed by atoms with E-state index < -0.39 is 5.82 Å². The van der Waals surface area contributed by atoms with E-state index in [-0.39, 0.29) is 17.4 Å². The molecule has 4 rings (SSSR count). The predicted octanol–water partition coefficient (Wildman–Crippen LogP) is 5.92. The molecule has 0 aliphatic heterocycles. The smallest absolute Gasteiger partial charge is 0.167 e. The number of hydrogen-bond donors (Lipinski definition) is 3. The monoisotopic (exact) mass is 431 g/mol. The number of halogens is 2. The molecule has 1 aromatic heterocycles.